The second kappa shape index (κ2) is 6.57. The lowest BCUT2D eigenvalue weighted by molar-refractivity contribution is 0.705. The molecular formula is C15H18N2S. The van der Waals surface area contributed by atoms with E-state index in [1.165, 1.54) is 16.0 Å². The molecule has 2 nitrogen and oxygen atoms in total. The second-order valence-corrected chi connectivity index (χ2v) is 5.05. The standard InChI is InChI=1S/C15H18N2S/c1-16-11-15(13-4-3-9-17-10-13)12-5-7-14(18-2)8-6-12/h3-10,15-16H,11H2,1-2H3. The zero-order valence-corrected chi connectivity index (χ0v) is 11.6. The number of aromatic nitrogens is 1. The zero-order valence-electron chi connectivity index (χ0n) is 10.8. The molecule has 0 radical (unpaired) electrons. The van der Waals surface area contributed by atoms with Gasteiger partial charge >= 0.3 is 0 Å². The molecule has 0 fully saturated rings. The highest BCUT2D eigenvalue weighted by atomic mass is 32.2. The number of nitrogens with zero attached hydrogens (tertiary/aromatic N) is 1. The van der Waals surface area contributed by atoms with Crippen molar-refractivity contribution in [3.63, 3.8) is 0 Å². The van der Waals surface area contributed by atoms with Crippen molar-refractivity contribution in [2.45, 2.75) is 10.8 Å². The highest BCUT2D eigenvalue weighted by Crippen LogP contribution is 2.25. The van der Waals surface area contributed by atoms with Crippen molar-refractivity contribution < 1.29 is 0 Å². The average molecular weight is 258 g/mol. The molecule has 1 aromatic carbocycles. The van der Waals surface area contributed by atoms with Crippen LogP contribution in [-0.4, -0.2) is 24.8 Å². The lowest BCUT2D eigenvalue weighted by atomic mass is 9.92. The van der Waals surface area contributed by atoms with Crippen molar-refractivity contribution in [3.8, 4) is 0 Å². The van der Waals surface area contributed by atoms with Crippen molar-refractivity contribution in [2.24, 2.45) is 0 Å². The van der Waals surface area contributed by atoms with Gasteiger partial charge in [-0.1, -0.05) is 18.2 Å². The Bertz CT molecular complexity index is 468. The topological polar surface area (TPSA) is 24.9 Å². The number of hydrogen-bond donors (Lipinski definition) is 1. The minimum Gasteiger partial charge on any atom is -0.319 e. The molecule has 0 saturated carbocycles. The Morgan fingerprint density at radius 2 is 1.94 bits per heavy atom. The maximum atomic E-state index is 4.22. The van der Waals surface area contributed by atoms with Gasteiger partial charge in [-0.25, -0.2) is 0 Å². The quantitative estimate of drug-likeness (QED) is 0.834. The van der Waals surface area contributed by atoms with Gasteiger partial charge in [0.15, 0.2) is 0 Å². The van der Waals surface area contributed by atoms with Crippen LogP contribution in [0.4, 0.5) is 0 Å². The largest absolute Gasteiger partial charge is 0.319 e. The maximum Gasteiger partial charge on any atom is 0.0306 e. The smallest absolute Gasteiger partial charge is 0.0306 e. The van der Waals surface area contributed by atoms with E-state index in [4.69, 9.17) is 0 Å². The van der Waals surface area contributed by atoms with Gasteiger partial charge in [-0.15, -0.1) is 11.8 Å². The molecule has 1 heterocycles. The summed E-state index contributed by atoms with van der Waals surface area (Å²) in [4.78, 5) is 5.51. The minimum atomic E-state index is 0.361. The van der Waals surface area contributed by atoms with Gasteiger partial charge in [-0.05, 0) is 42.6 Å². The van der Waals surface area contributed by atoms with Gasteiger partial charge in [0.25, 0.3) is 0 Å². The summed E-state index contributed by atoms with van der Waals surface area (Å²) in [6.45, 7) is 0.921. The number of nitrogens with one attached hydrogen (secondary N) is 1. The Kier molecular flexibility index (Phi) is 4.79. The van der Waals surface area contributed by atoms with Crippen molar-refractivity contribution in [2.75, 3.05) is 19.8 Å². The predicted molar refractivity (Wildman–Crippen MR) is 78.2 cm³/mol. The Hall–Kier alpha value is -1.32. The average Bonchev–Trinajstić information content (AvgIpc) is 2.46. The summed E-state index contributed by atoms with van der Waals surface area (Å²) >= 11 is 1.77. The van der Waals surface area contributed by atoms with E-state index in [0.29, 0.717) is 5.92 Å². The first-order chi connectivity index (χ1) is 8.85. The third-order valence-corrected chi connectivity index (χ3v) is 3.76. The van der Waals surface area contributed by atoms with Gasteiger partial charge < -0.3 is 5.32 Å². The maximum absolute atomic E-state index is 4.22. The molecule has 18 heavy (non-hydrogen) atoms. The van der Waals surface area contributed by atoms with E-state index in [2.05, 4.69) is 46.9 Å². The number of hydrogen-bond acceptors (Lipinski definition) is 3. The molecule has 1 atom stereocenters. The molecule has 0 amide bonds. The fourth-order valence-corrected chi connectivity index (χ4v) is 2.46. The number of rotatable bonds is 5. The molecule has 0 saturated heterocycles. The Morgan fingerprint density at radius 3 is 2.50 bits per heavy atom. The van der Waals surface area contributed by atoms with E-state index < -0.39 is 0 Å². The second-order valence-electron chi connectivity index (χ2n) is 4.17. The predicted octanol–water partition coefficient (Wildman–Crippen LogP) is 3.15. The first-order valence-corrected chi connectivity index (χ1v) is 7.26. The number of benzene rings is 1. The fourth-order valence-electron chi connectivity index (χ4n) is 2.05. The lowest BCUT2D eigenvalue weighted by Crippen LogP contribution is -2.18. The van der Waals surface area contributed by atoms with Crippen LogP contribution in [0.1, 0.15) is 17.0 Å². The Balaban J connectivity index is 2.29. The van der Waals surface area contributed by atoms with Crippen molar-refractivity contribution in [1.82, 2.24) is 10.3 Å². The molecule has 2 rings (SSSR count). The van der Waals surface area contributed by atoms with Crippen molar-refractivity contribution in [1.29, 1.82) is 0 Å². The van der Waals surface area contributed by atoms with Gasteiger partial charge in [-0.2, -0.15) is 0 Å². The molecule has 0 aliphatic heterocycles. The zero-order chi connectivity index (χ0) is 12.8. The molecule has 1 aromatic heterocycles. The van der Waals surface area contributed by atoms with Gasteiger partial charge in [0.05, 0.1) is 0 Å². The number of pyridine rings is 1. The van der Waals surface area contributed by atoms with Gasteiger partial charge in [0.2, 0.25) is 0 Å². The normalized spacial score (nSPS) is 12.3. The van der Waals surface area contributed by atoms with Crippen molar-refractivity contribution in [3.05, 3.63) is 59.9 Å². The summed E-state index contributed by atoms with van der Waals surface area (Å²) in [5.74, 6) is 0.361. The van der Waals surface area contributed by atoms with Crippen LogP contribution >= 0.6 is 11.8 Å². The highest BCUT2D eigenvalue weighted by Gasteiger charge is 2.13. The fraction of sp³-hybridized carbons (Fsp3) is 0.267. The van der Waals surface area contributed by atoms with Gasteiger partial charge in [0.1, 0.15) is 0 Å². The van der Waals surface area contributed by atoms with E-state index >= 15 is 0 Å². The van der Waals surface area contributed by atoms with Crippen LogP contribution in [0.2, 0.25) is 0 Å². The lowest BCUT2D eigenvalue weighted by Gasteiger charge is -2.17. The molecule has 0 spiro atoms. The Labute approximate surface area is 113 Å². The summed E-state index contributed by atoms with van der Waals surface area (Å²) < 4.78 is 0. The monoisotopic (exact) mass is 258 g/mol. The molecule has 94 valence electrons. The summed E-state index contributed by atoms with van der Waals surface area (Å²) in [6, 6.07) is 12.9. The molecule has 3 heteroatoms. The van der Waals surface area contributed by atoms with E-state index in [0.717, 1.165) is 6.54 Å². The summed E-state index contributed by atoms with van der Waals surface area (Å²) in [5.41, 5.74) is 2.58. The van der Waals surface area contributed by atoms with Crippen LogP contribution in [0.5, 0.6) is 0 Å². The molecule has 2 aromatic rings. The molecular weight excluding hydrogens is 240 g/mol. The first-order valence-electron chi connectivity index (χ1n) is 6.03. The van der Waals surface area contributed by atoms with E-state index in [9.17, 15) is 0 Å². The molecule has 1 unspecified atom stereocenters. The van der Waals surface area contributed by atoms with Crippen LogP contribution in [0.15, 0.2) is 53.7 Å². The third kappa shape index (κ3) is 3.12. The van der Waals surface area contributed by atoms with Crippen molar-refractivity contribution >= 4 is 11.8 Å². The highest BCUT2D eigenvalue weighted by molar-refractivity contribution is 7.98. The van der Waals surface area contributed by atoms with Crippen LogP contribution in [0, 0.1) is 0 Å². The van der Waals surface area contributed by atoms with Gasteiger partial charge in [-0.3, -0.25) is 4.98 Å². The van der Waals surface area contributed by atoms with E-state index in [1.807, 2.05) is 25.5 Å². The molecule has 0 aliphatic carbocycles. The number of likely N-dealkylation sites (N-methyl/N-ethyl adjacent to an activating group) is 1. The molecule has 1 N–H and O–H groups in total. The summed E-state index contributed by atoms with van der Waals surface area (Å²) in [7, 11) is 1.99. The SMILES string of the molecule is CNCC(c1ccc(SC)cc1)c1cccnc1. The van der Waals surface area contributed by atoms with Gasteiger partial charge in [0, 0.05) is 29.8 Å². The summed E-state index contributed by atoms with van der Waals surface area (Å²) in [5, 5.41) is 3.26. The third-order valence-electron chi connectivity index (χ3n) is 3.01. The van der Waals surface area contributed by atoms with Crippen LogP contribution in [0.3, 0.4) is 0 Å². The number of thioether (sulfide) groups is 1. The summed E-state index contributed by atoms with van der Waals surface area (Å²) in [6.07, 6.45) is 5.86. The molecule has 0 bridgehead atoms. The molecule has 0 aliphatic rings. The van der Waals surface area contributed by atoms with Crippen LogP contribution < -0.4 is 5.32 Å². The van der Waals surface area contributed by atoms with Crippen LogP contribution in [0.25, 0.3) is 0 Å². The van der Waals surface area contributed by atoms with E-state index in [-0.39, 0.29) is 0 Å². The first kappa shape index (κ1) is 13.1. The Morgan fingerprint density at radius 1 is 1.17 bits per heavy atom. The van der Waals surface area contributed by atoms with E-state index in [1.54, 1.807) is 11.8 Å². The van der Waals surface area contributed by atoms with Crippen LogP contribution in [-0.2, 0) is 0 Å². The minimum absolute atomic E-state index is 0.361.